The van der Waals surface area contributed by atoms with Crippen molar-refractivity contribution in [2.75, 3.05) is 11.5 Å². The number of hydrogen-bond donors (Lipinski definition) is 1. The lowest BCUT2D eigenvalue weighted by molar-refractivity contribution is 0.631. The van der Waals surface area contributed by atoms with E-state index in [1.54, 1.807) is 17.8 Å². The predicted molar refractivity (Wildman–Crippen MR) is 66.0 cm³/mol. The van der Waals surface area contributed by atoms with Gasteiger partial charge in [0, 0.05) is 10.6 Å². The highest BCUT2D eigenvalue weighted by atomic mass is 35.5. The highest BCUT2D eigenvalue weighted by Gasteiger charge is 2.08. The average Bonchev–Trinajstić information content (AvgIpc) is 2.21. The molecule has 0 saturated carbocycles. The summed E-state index contributed by atoms with van der Waals surface area (Å²) in [7, 11) is 0. The molecule has 0 fully saturated rings. The molecule has 84 valence electrons. The van der Waals surface area contributed by atoms with Crippen molar-refractivity contribution in [2.45, 2.75) is 25.2 Å². The van der Waals surface area contributed by atoms with Gasteiger partial charge in [0.1, 0.15) is 5.82 Å². The van der Waals surface area contributed by atoms with Gasteiger partial charge in [-0.3, -0.25) is 0 Å². The van der Waals surface area contributed by atoms with E-state index >= 15 is 0 Å². The first-order valence-electron chi connectivity index (χ1n) is 4.92. The Morgan fingerprint density at radius 3 is 2.80 bits per heavy atom. The predicted octanol–water partition coefficient (Wildman–Crippen LogP) is 4.20. The van der Waals surface area contributed by atoms with Crippen LogP contribution >= 0.6 is 23.4 Å². The topological polar surface area (TPSA) is 26.0 Å². The fourth-order valence-electron chi connectivity index (χ4n) is 1.01. The summed E-state index contributed by atoms with van der Waals surface area (Å²) in [6, 6.07) is 2.88. The zero-order valence-corrected chi connectivity index (χ0v) is 10.5. The van der Waals surface area contributed by atoms with Gasteiger partial charge in [0.15, 0.2) is 0 Å². The van der Waals surface area contributed by atoms with Crippen LogP contribution in [0.3, 0.4) is 0 Å². The average molecular weight is 248 g/mol. The van der Waals surface area contributed by atoms with Crippen LogP contribution in [0.1, 0.15) is 20.3 Å². The van der Waals surface area contributed by atoms with E-state index in [2.05, 4.69) is 13.8 Å². The third-order valence-electron chi connectivity index (χ3n) is 2.27. The second-order valence-corrected chi connectivity index (χ2v) is 5.10. The molecule has 1 nitrogen and oxygen atoms in total. The van der Waals surface area contributed by atoms with Gasteiger partial charge in [-0.15, -0.1) is 11.8 Å². The molecule has 0 heterocycles. The SMILES string of the molecule is CCC(C)CSc1cc(N)c(F)cc1Cl. The van der Waals surface area contributed by atoms with Gasteiger partial charge in [0.05, 0.1) is 10.7 Å². The van der Waals surface area contributed by atoms with E-state index in [1.165, 1.54) is 6.07 Å². The summed E-state index contributed by atoms with van der Waals surface area (Å²) in [5.74, 6) is 1.15. The van der Waals surface area contributed by atoms with Gasteiger partial charge in [-0.05, 0) is 18.1 Å². The Bertz CT molecular complexity index is 344. The number of halogens is 2. The standard InChI is InChI=1S/C11H15ClFNS/c1-3-7(2)6-15-11-5-10(14)9(13)4-8(11)12/h4-5,7H,3,6,14H2,1-2H3. The van der Waals surface area contributed by atoms with Crippen LogP contribution in [-0.4, -0.2) is 5.75 Å². The Hall–Kier alpha value is -0.410. The zero-order chi connectivity index (χ0) is 11.4. The second-order valence-electron chi connectivity index (χ2n) is 3.63. The van der Waals surface area contributed by atoms with Gasteiger partial charge in [0.25, 0.3) is 0 Å². The molecule has 0 saturated heterocycles. The second kappa shape index (κ2) is 5.61. The third kappa shape index (κ3) is 3.58. The van der Waals surface area contributed by atoms with Crippen LogP contribution in [0.5, 0.6) is 0 Å². The summed E-state index contributed by atoms with van der Waals surface area (Å²) in [6.45, 7) is 4.32. The minimum Gasteiger partial charge on any atom is -0.396 e. The summed E-state index contributed by atoms with van der Waals surface area (Å²) in [6.07, 6.45) is 1.13. The van der Waals surface area contributed by atoms with Crippen LogP contribution in [0, 0.1) is 11.7 Å². The zero-order valence-electron chi connectivity index (χ0n) is 8.89. The van der Waals surface area contributed by atoms with Crippen LogP contribution in [0.25, 0.3) is 0 Å². The number of nitrogen functional groups attached to an aromatic ring is 1. The molecule has 0 spiro atoms. The highest BCUT2D eigenvalue weighted by molar-refractivity contribution is 7.99. The molecule has 0 aliphatic carbocycles. The molecule has 0 bridgehead atoms. The molecule has 1 unspecified atom stereocenters. The third-order valence-corrected chi connectivity index (χ3v) is 4.08. The molecule has 1 rings (SSSR count). The lowest BCUT2D eigenvalue weighted by Gasteiger charge is -2.09. The van der Waals surface area contributed by atoms with Crippen molar-refractivity contribution in [3.63, 3.8) is 0 Å². The largest absolute Gasteiger partial charge is 0.396 e. The number of anilines is 1. The van der Waals surface area contributed by atoms with Gasteiger partial charge in [-0.2, -0.15) is 0 Å². The molecule has 4 heteroatoms. The van der Waals surface area contributed by atoms with Crippen molar-refractivity contribution in [3.8, 4) is 0 Å². The van der Waals surface area contributed by atoms with Gasteiger partial charge < -0.3 is 5.73 Å². The van der Waals surface area contributed by atoms with Crippen LogP contribution in [0.15, 0.2) is 17.0 Å². The molecular formula is C11H15ClFNS. The van der Waals surface area contributed by atoms with Crippen LogP contribution < -0.4 is 5.73 Å². The van der Waals surface area contributed by atoms with Crippen molar-refractivity contribution in [1.82, 2.24) is 0 Å². The lowest BCUT2D eigenvalue weighted by atomic mass is 10.2. The maximum atomic E-state index is 13.0. The molecule has 0 aliphatic heterocycles. The Morgan fingerprint density at radius 1 is 1.53 bits per heavy atom. The van der Waals surface area contributed by atoms with Gasteiger partial charge in [-0.1, -0.05) is 31.9 Å². The van der Waals surface area contributed by atoms with Crippen molar-refractivity contribution in [1.29, 1.82) is 0 Å². The van der Waals surface area contributed by atoms with E-state index in [0.29, 0.717) is 10.9 Å². The van der Waals surface area contributed by atoms with Gasteiger partial charge in [-0.25, -0.2) is 4.39 Å². The molecule has 0 aromatic heterocycles. The monoisotopic (exact) mass is 247 g/mol. The summed E-state index contributed by atoms with van der Waals surface area (Å²) in [4.78, 5) is 0.857. The number of thioether (sulfide) groups is 1. The highest BCUT2D eigenvalue weighted by Crippen LogP contribution is 2.32. The first-order chi connectivity index (χ1) is 7.04. The molecule has 2 N–H and O–H groups in total. The van der Waals surface area contributed by atoms with E-state index in [4.69, 9.17) is 17.3 Å². The number of hydrogen-bond acceptors (Lipinski definition) is 2. The summed E-state index contributed by atoms with van der Waals surface area (Å²) < 4.78 is 13.0. The maximum absolute atomic E-state index is 13.0. The smallest absolute Gasteiger partial charge is 0.147 e. The quantitative estimate of drug-likeness (QED) is 0.638. The lowest BCUT2D eigenvalue weighted by Crippen LogP contribution is -1.96. The van der Waals surface area contributed by atoms with E-state index in [1.807, 2.05) is 0 Å². The fraction of sp³-hybridized carbons (Fsp3) is 0.455. The van der Waals surface area contributed by atoms with E-state index in [9.17, 15) is 4.39 Å². The minimum atomic E-state index is -0.451. The van der Waals surface area contributed by atoms with Crippen LogP contribution in [0.2, 0.25) is 5.02 Å². The van der Waals surface area contributed by atoms with Crippen LogP contribution in [0.4, 0.5) is 10.1 Å². The van der Waals surface area contributed by atoms with Crippen molar-refractivity contribution in [3.05, 3.63) is 23.0 Å². The van der Waals surface area contributed by atoms with Crippen molar-refractivity contribution in [2.24, 2.45) is 5.92 Å². The van der Waals surface area contributed by atoms with Crippen LogP contribution in [-0.2, 0) is 0 Å². The Morgan fingerprint density at radius 2 is 2.20 bits per heavy atom. The maximum Gasteiger partial charge on any atom is 0.147 e. The number of benzene rings is 1. The Kier molecular flexibility index (Phi) is 4.74. The molecule has 1 aromatic rings. The molecule has 0 amide bonds. The number of rotatable bonds is 4. The minimum absolute atomic E-state index is 0.158. The molecule has 1 atom stereocenters. The number of nitrogens with two attached hydrogens (primary N) is 1. The summed E-state index contributed by atoms with van der Waals surface area (Å²) >= 11 is 7.54. The Balaban J connectivity index is 2.73. The van der Waals surface area contributed by atoms with Crippen molar-refractivity contribution < 1.29 is 4.39 Å². The van der Waals surface area contributed by atoms with Crippen molar-refractivity contribution >= 4 is 29.1 Å². The molecule has 1 aromatic carbocycles. The van der Waals surface area contributed by atoms with E-state index in [0.717, 1.165) is 17.1 Å². The fourth-order valence-corrected chi connectivity index (χ4v) is 2.43. The first-order valence-corrected chi connectivity index (χ1v) is 6.28. The van der Waals surface area contributed by atoms with Gasteiger partial charge >= 0.3 is 0 Å². The normalized spacial score (nSPS) is 12.8. The van der Waals surface area contributed by atoms with E-state index in [-0.39, 0.29) is 5.69 Å². The molecule has 0 aliphatic rings. The van der Waals surface area contributed by atoms with E-state index < -0.39 is 5.82 Å². The van der Waals surface area contributed by atoms with Gasteiger partial charge in [0.2, 0.25) is 0 Å². The molecule has 15 heavy (non-hydrogen) atoms. The summed E-state index contributed by atoms with van der Waals surface area (Å²) in [5.41, 5.74) is 5.64. The first kappa shape index (κ1) is 12.7. The summed E-state index contributed by atoms with van der Waals surface area (Å²) in [5, 5.41) is 0.440. The molecular weight excluding hydrogens is 233 g/mol. The molecule has 0 radical (unpaired) electrons. The Labute approximate surface area is 99.2 Å².